The van der Waals surface area contributed by atoms with Gasteiger partial charge in [0.05, 0.1) is 12.0 Å². The fourth-order valence-electron chi connectivity index (χ4n) is 3.66. The summed E-state index contributed by atoms with van der Waals surface area (Å²) in [5.41, 5.74) is 3.43. The molecule has 0 aliphatic rings. The van der Waals surface area contributed by atoms with Crippen LogP contribution in [0.1, 0.15) is 35.3 Å². The number of furan rings is 1. The van der Waals surface area contributed by atoms with E-state index in [1.54, 1.807) is 18.2 Å². The third kappa shape index (κ3) is 5.46. The van der Waals surface area contributed by atoms with Crippen molar-refractivity contribution in [2.45, 2.75) is 26.9 Å². The quantitative estimate of drug-likeness (QED) is 0.342. The number of aromatic hydroxyl groups is 1. The van der Waals surface area contributed by atoms with Gasteiger partial charge in [-0.15, -0.1) is 0 Å². The Kier molecular flexibility index (Phi) is 6.97. The number of phenols is 1. The number of carbonyl (C=O) groups excluding carboxylic acids is 2. The van der Waals surface area contributed by atoms with Gasteiger partial charge >= 0.3 is 5.97 Å². The fraction of sp³-hybridized carbons (Fsp3) is 0.214. The average molecular weight is 458 g/mol. The summed E-state index contributed by atoms with van der Waals surface area (Å²) in [5, 5.41) is 13.3. The number of rotatable bonds is 8. The van der Waals surface area contributed by atoms with Crippen molar-refractivity contribution in [1.29, 1.82) is 0 Å². The molecule has 6 nitrogen and oxygen atoms in total. The molecular formula is C28H27NO5. The number of para-hydroxylation sites is 1. The smallest absolute Gasteiger partial charge is 0.310 e. The van der Waals surface area contributed by atoms with E-state index in [9.17, 15) is 14.7 Å². The molecule has 0 unspecified atom stereocenters. The fourth-order valence-corrected chi connectivity index (χ4v) is 3.66. The Balaban J connectivity index is 1.49. The Morgan fingerprint density at radius 3 is 2.47 bits per heavy atom. The summed E-state index contributed by atoms with van der Waals surface area (Å²) in [7, 11) is 0. The summed E-state index contributed by atoms with van der Waals surface area (Å²) in [4.78, 5) is 25.1. The first-order valence-corrected chi connectivity index (χ1v) is 11.2. The lowest BCUT2D eigenvalue weighted by molar-refractivity contribution is -0.144. The highest BCUT2D eigenvalue weighted by Gasteiger charge is 2.22. The number of fused-ring (bicyclic) bond motifs is 1. The third-order valence-electron chi connectivity index (χ3n) is 5.37. The van der Waals surface area contributed by atoms with Crippen LogP contribution < -0.4 is 5.32 Å². The maximum atomic E-state index is 13.0. The van der Waals surface area contributed by atoms with Gasteiger partial charge in [-0.3, -0.25) is 9.59 Å². The number of ether oxygens (including phenoxy) is 1. The molecule has 0 atom stereocenters. The zero-order valence-electron chi connectivity index (χ0n) is 19.2. The topological polar surface area (TPSA) is 88.8 Å². The predicted molar refractivity (Wildman–Crippen MR) is 130 cm³/mol. The van der Waals surface area contributed by atoms with Crippen LogP contribution in [0.5, 0.6) is 5.75 Å². The lowest BCUT2D eigenvalue weighted by atomic mass is 10.0. The van der Waals surface area contributed by atoms with E-state index in [4.69, 9.17) is 9.15 Å². The van der Waals surface area contributed by atoms with E-state index in [2.05, 4.69) is 5.32 Å². The van der Waals surface area contributed by atoms with Crippen molar-refractivity contribution >= 4 is 22.8 Å². The summed E-state index contributed by atoms with van der Waals surface area (Å²) in [6, 6.07) is 21.4. The van der Waals surface area contributed by atoms with Gasteiger partial charge in [-0.1, -0.05) is 68.4 Å². The Morgan fingerprint density at radius 1 is 0.971 bits per heavy atom. The van der Waals surface area contributed by atoms with Crippen LogP contribution in [0.25, 0.3) is 22.3 Å². The van der Waals surface area contributed by atoms with E-state index in [1.807, 2.05) is 62.4 Å². The highest BCUT2D eigenvalue weighted by atomic mass is 16.5. The zero-order valence-corrected chi connectivity index (χ0v) is 19.2. The summed E-state index contributed by atoms with van der Waals surface area (Å²) in [5.74, 6) is 0.411. The minimum Gasteiger partial charge on any atom is -0.508 e. The molecule has 1 aromatic heterocycles. The largest absolute Gasteiger partial charge is 0.508 e. The molecule has 1 heterocycles. The molecule has 0 radical (unpaired) electrons. The van der Waals surface area contributed by atoms with E-state index in [-0.39, 0.29) is 30.7 Å². The van der Waals surface area contributed by atoms with Gasteiger partial charge in [-0.25, -0.2) is 0 Å². The maximum Gasteiger partial charge on any atom is 0.310 e. The van der Waals surface area contributed by atoms with E-state index in [1.165, 1.54) is 6.07 Å². The number of esters is 1. The van der Waals surface area contributed by atoms with Gasteiger partial charge in [0.2, 0.25) is 0 Å². The van der Waals surface area contributed by atoms with E-state index >= 15 is 0 Å². The molecular weight excluding hydrogens is 430 g/mol. The van der Waals surface area contributed by atoms with Crippen LogP contribution in [0.2, 0.25) is 0 Å². The number of phenolic OH excluding ortho intramolecular Hbond substituents is 1. The summed E-state index contributed by atoms with van der Waals surface area (Å²) in [6.45, 7) is 4.79. The lowest BCUT2D eigenvalue weighted by Gasteiger charge is -2.09. The molecule has 0 fully saturated rings. The second kappa shape index (κ2) is 10.3. The number of amides is 1. The number of hydrogen-bond acceptors (Lipinski definition) is 5. The second-order valence-corrected chi connectivity index (χ2v) is 8.61. The van der Waals surface area contributed by atoms with Gasteiger partial charge in [0.15, 0.2) is 0 Å². The van der Waals surface area contributed by atoms with Crippen molar-refractivity contribution in [3.05, 3.63) is 89.5 Å². The first kappa shape index (κ1) is 23.1. The second-order valence-electron chi connectivity index (χ2n) is 8.61. The van der Waals surface area contributed by atoms with Gasteiger partial charge < -0.3 is 19.6 Å². The van der Waals surface area contributed by atoms with Gasteiger partial charge in [0.25, 0.3) is 5.91 Å². The minimum atomic E-state index is -0.379. The SMILES string of the molecule is CC(C)CNC(=O)c1c(-c2ccc(COC(=O)Cc3cccc(O)c3)cc2)oc2ccccc12. The van der Waals surface area contributed by atoms with Crippen molar-refractivity contribution in [2.75, 3.05) is 6.54 Å². The van der Waals surface area contributed by atoms with Crippen molar-refractivity contribution < 1.29 is 23.8 Å². The monoisotopic (exact) mass is 457 g/mol. The molecule has 0 aliphatic carbocycles. The molecule has 34 heavy (non-hydrogen) atoms. The summed E-state index contributed by atoms with van der Waals surface area (Å²) in [6.07, 6.45) is 0.0836. The predicted octanol–water partition coefficient (Wildman–Crippen LogP) is 5.48. The maximum absolute atomic E-state index is 13.0. The zero-order chi connectivity index (χ0) is 24.1. The number of carbonyl (C=O) groups is 2. The van der Waals surface area contributed by atoms with Crippen molar-refractivity contribution in [3.8, 4) is 17.1 Å². The molecule has 3 aromatic carbocycles. The van der Waals surface area contributed by atoms with Crippen LogP contribution in [0.4, 0.5) is 0 Å². The molecule has 4 rings (SSSR count). The molecule has 0 spiro atoms. The molecule has 1 amide bonds. The molecule has 6 heteroatoms. The summed E-state index contributed by atoms with van der Waals surface area (Å²) < 4.78 is 11.4. The first-order chi connectivity index (χ1) is 16.4. The Bertz CT molecular complexity index is 1300. The van der Waals surface area contributed by atoms with Gasteiger partial charge in [0, 0.05) is 17.5 Å². The standard InChI is InChI=1S/C28H27NO5/c1-18(2)16-29-28(32)26-23-8-3-4-9-24(23)34-27(26)21-12-10-19(11-13-21)17-33-25(31)15-20-6-5-7-22(30)14-20/h3-14,18,30H,15-17H2,1-2H3,(H,29,32). The number of hydrogen-bond donors (Lipinski definition) is 2. The van der Waals surface area contributed by atoms with Crippen LogP contribution in [0.15, 0.2) is 77.2 Å². The molecule has 0 saturated heterocycles. The van der Waals surface area contributed by atoms with Crippen molar-refractivity contribution in [3.63, 3.8) is 0 Å². The molecule has 174 valence electrons. The normalized spacial score (nSPS) is 11.0. The Hall–Kier alpha value is -4.06. The molecule has 4 aromatic rings. The highest BCUT2D eigenvalue weighted by molar-refractivity contribution is 6.11. The van der Waals surface area contributed by atoms with Crippen LogP contribution in [0.3, 0.4) is 0 Å². The van der Waals surface area contributed by atoms with Crippen molar-refractivity contribution in [2.24, 2.45) is 5.92 Å². The number of benzene rings is 3. The van der Waals surface area contributed by atoms with E-state index < -0.39 is 0 Å². The average Bonchev–Trinajstić information content (AvgIpc) is 3.21. The molecule has 0 aliphatic heterocycles. The minimum absolute atomic E-state index is 0.0836. The molecule has 2 N–H and O–H groups in total. The van der Waals surface area contributed by atoms with Crippen molar-refractivity contribution in [1.82, 2.24) is 5.32 Å². The van der Waals surface area contributed by atoms with Crippen LogP contribution in [0, 0.1) is 5.92 Å². The van der Waals surface area contributed by atoms with Crippen LogP contribution in [-0.2, 0) is 22.6 Å². The Morgan fingerprint density at radius 2 is 1.74 bits per heavy atom. The van der Waals surface area contributed by atoms with Crippen LogP contribution in [-0.4, -0.2) is 23.5 Å². The van der Waals surface area contributed by atoms with Gasteiger partial charge in [-0.05, 0) is 35.2 Å². The lowest BCUT2D eigenvalue weighted by Crippen LogP contribution is -2.27. The molecule has 0 bridgehead atoms. The van der Waals surface area contributed by atoms with Gasteiger partial charge in [-0.2, -0.15) is 0 Å². The van der Waals surface area contributed by atoms with E-state index in [0.29, 0.717) is 34.9 Å². The first-order valence-electron chi connectivity index (χ1n) is 11.2. The molecule has 0 saturated carbocycles. The highest BCUT2D eigenvalue weighted by Crippen LogP contribution is 2.33. The van der Waals surface area contributed by atoms with Gasteiger partial charge in [0.1, 0.15) is 23.7 Å². The number of nitrogens with one attached hydrogen (secondary N) is 1. The third-order valence-corrected chi connectivity index (χ3v) is 5.37. The summed E-state index contributed by atoms with van der Waals surface area (Å²) >= 11 is 0. The Labute approximate surface area is 198 Å². The van der Waals surface area contributed by atoms with E-state index in [0.717, 1.165) is 16.5 Å². The van der Waals surface area contributed by atoms with Crippen LogP contribution >= 0.6 is 0 Å².